The Labute approximate surface area is 120 Å². The molecule has 3 heteroatoms. The Morgan fingerprint density at radius 1 is 1.25 bits per heavy atom. The van der Waals surface area contributed by atoms with E-state index in [0.717, 1.165) is 17.9 Å². The van der Waals surface area contributed by atoms with E-state index in [4.69, 9.17) is 10.7 Å². The van der Waals surface area contributed by atoms with Gasteiger partial charge in [-0.05, 0) is 30.2 Å². The Bertz CT molecular complexity index is 590. The Kier molecular flexibility index (Phi) is 3.88. The summed E-state index contributed by atoms with van der Waals surface area (Å²) >= 11 is 0. The number of unbranched alkanes of at least 4 members (excludes halogenated alkanes) is 1. The molecule has 1 saturated carbocycles. The van der Waals surface area contributed by atoms with Gasteiger partial charge in [-0.1, -0.05) is 37.6 Å². The third-order valence-corrected chi connectivity index (χ3v) is 4.09. The van der Waals surface area contributed by atoms with Crippen LogP contribution in [-0.2, 0) is 6.54 Å². The summed E-state index contributed by atoms with van der Waals surface area (Å²) in [7, 11) is 0. The van der Waals surface area contributed by atoms with Crippen molar-refractivity contribution in [3.8, 4) is 0 Å². The van der Waals surface area contributed by atoms with Gasteiger partial charge in [-0.2, -0.15) is 0 Å². The van der Waals surface area contributed by atoms with E-state index < -0.39 is 0 Å². The molecule has 1 heterocycles. The number of nitrogens with two attached hydrogens (primary N) is 1. The number of benzene rings is 1. The summed E-state index contributed by atoms with van der Waals surface area (Å²) in [5.41, 5.74) is 6.98. The average molecular weight is 269 g/mol. The van der Waals surface area contributed by atoms with Crippen LogP contribution in [0.4, 0.5) is 5.82 Å². The molecule has 3 nitrogen and oxygen atoms in total. The zero-order chi connectivity index (χ0) is 13.9. The van der Waals surface area contributed by atoms with Gasteiger partial charge in [0, 0.05) is 30.7 Å². The number of rotatable bonds is 6. The zero-order valence-electron chi connectivity index (χ0n) is 12.2. The van der Waals surface area contributed by atoms with Gasteiger partial charge in [-0.25, -0.2) is 4.98 Å². The third kappa shape index (κ3) is 2.50. The first-order valence-corrected chi connectivity index (χ1v) is 7.68. The molecule has 3 rings (SSSR count). The lowest BCUT2D eigenvalue weighted by atomic mass is 10.1. The molecule has 0 unspecified atom stereocenters. The molecule has 2 N–H and O–H groups in total. The van der Waals surface area contributed by atoms with Gasteiger partial charge in [-0.15, -0.1) is 0 Å². The Balaban J connectivity index is 2.05. The molecule has 2 aromatic rings. The first kappa shape index (κ1) is 13.4. The van der Waals surface area contributed by atoms with Crippen molar-refractivity contribution in [2.45, 2.75) is 45.2 Å². The molecule has 1 aromatic carbocycles. The van der Waals surface area contributed by atoms with Crippen LogP contribution in [0.2, 0.25) is 0 Å². The standard InChI is InChI=1S/C17H23N3/c1-2-3-10-20(14-8-9-14)17-16-7-5-4-6-15(16)13(11-18)12-19-17/h4-7,12,14H,2-3,8-11,18H2,1H3. The van der Waals surface area contributed by atoms with Gasteiger partial charge in [-0.3, -0.25) is 0 Å². The Morgan fingerprint density at radius 2 is 2.00 bits per heavy atom. The molecule has 0 aliphatic heterocycles. The van der Waals surface area contributed by atoms with Gasteiger partial charge in [0.1, 0.15) is 5.82 Å². The summed E-state index contributed by atoms with van der Waals surface area (Å²) in [5.74, 6) is 1.15. The van der Waals surface area contributed by atoms with Crippen molar-refractivity contribution >= 4 is 16.6 Å². The van der Waals surface area contributed by atoms with Gasteiger partial charge in [0.2, 0.25) is 0 Å². The molecule has 20 heavy (non-hydrogen) atoms. The van der Waals surface area contributed by atoms with E-state index in [0.29, 0.717) is 12.6 Å². The van der Waals surface area contributed by atoms with Crippen LogP contribution >= 0.6 is 0 Å². The van der Waals surface area contributed by atoms with Crippen molar-refractivity contribution in [3.05, 3.63) is 36.0 Å². The second-order valence-electron chi connectivity index (χ2n) is 5.63. The summed E-state index contributed by atoms with van der Waals surface area (Å²) in [4.78, 5) is 7.24. The molecular formula is C17H23N3. The Hall–Kier alpha value is -1.61. The lowest BCUT2D eigenvalue weighted by molar-refractivity contribution is 0.707. The maximum absolute atomic E-state index is 5.84. The number of hydrogen-bond donors (Lipinski definition) is 1. The molecule has 0 bridgehead atoms. The van der Waals surface area contributed by atoms with Crippen LogP contribution in [0.15, 0.2) is 30.5 Å². The quantitative estimate of drug-likeness (QED) is 0.873. The largest absolute Gasteiger partial charge is 0.353 e. The number of hydrogen-bond acceptors (Lipinski definition) is 3. The predicted molar refractivity (Wildman–Crippen MR) is 84.9 cm³/mol. The van der Waals surface area contributed by atoms with Gasteiger partial charge in [0.15, 0.2) is 0 Å². The number of anilines is 1. The summed E-state index contributed by atoms with van der Waals surface area (Å²) in [5, 5.41) is 2.50. The van der Waals surface area contributed by atoms with E-state index in [-0.39, 0.29) is 0 Å². The van der Waals surface area contributed by atoms with Crippen LogP contribution in [0.25, 0.3) is 10.8 Å². The van der Waals surface area contributed by atoms with Crippen LogP contribution in [0, 0.1) is 0 Å². The summed E-state index contributed by atoms with van der Waals surface area (Å²) < 4.78 is 0. The molecule has 0 spiro atoms. The normalized spacial score (nSPS) is 14.7. The highest BCUT2D eigenvalue weighted by Crippen LogP contribution is 2.35. The lowest BCUT2D eigenvalue weighted by Gasteiger charge is -2.25. The molecule has 0 saturated heterocycles. The van der Waals surface area contributed by atoms with Crippen molar-refractivity contribution in [2.75, 3.05) is 11.4 Å². The highest BCUT2D eigenvalue weighted by atomic mass is 15.2. The van der Waals surface area contributed by atoms with Gasteiger partial charge >= 0.3 is 0 Å². The third-order valence-electron chi connectivity index (χ3n) is 4.09. The van der Waals surface area contributed by atoms with E-state index >= 15 is 0 Å². The van der Waals surface area contributed by atoms with Crippen LogP contribution in [-0.4, -0.2) is 17.6 Å². The smallest absolute Gasteiger partial charge is 0.136 e. The highest BCUT2D eigenvalue weighted by Gasteiger charge is 2.30. The monoisotopic (exact) mass is 269 g/mol. The van der Waals surface area contributed by atoms with Gasteiger partial charge in [0.05, 0.1) is 0 Å². The van der Waals surface area contributed by atoms with Gasteiger partial charge < -0.3 is 10.6 Å². The van der Waals surface area contributed by atoms with E-state index in [9.17, 15) is 0 Å². The number of fused-ring (bicyclic) bond motifs is 1. The first-order valence-electron chi connectivity index (χ1n) is 7.68. The summed E-state index contributed by atoms with van der Waals surface area (Å²) in [6.07, 6.45) is 7.02. The van der Waals surface area contributed by atoms with Crippen molar-refractivity contribution in [1.82, 2.24) is 4.98 Å². The van der Waals surface area contributed by atoms with Crippen molar-refractivity contribution in [1.29, 1.82) is 0 Å². The highest BCUT2D eigenvalue weighted by molar-refractivity contribution is 5.94. The number of pyridine rings is 1. The maximum atomic E-state index is 5.84. The number of aromatic nitrogens is 1. The minimum absolute atomic E-state index is 0.548. The fraction of sp³-hybridized carbons (Fsp3) is 0.471. The molecule has 1 fully saturated rings. The second-order valence-corrected chi connectivity index (χ2v) is 5.63. The van der Waals surface area contributed by atoms with Crippen molar-refractivity contribution in [3.63, 3.8) is 0 Å². The fourth-order valence-corrected chi connectivity index (χ4v) is 2.80. The molecule has 106 valence electrons. The molecule has 0 atom stereocenters. The second kappa shape index (κ2) is 5.80. The minimum Gasteiger partial charge on any atom is -0.353 e. The van der Waals surface area contributed by atoms with Crippen LogP contribution < -0.4 is 10.6 Å². The molecule has 1 aliphatic carbocycles. The van der Waals surface area contributed by atoms with Crippen LogP contribution in [0.1, 0.15) is 38.2 Å². The van der Waals surface area contributed by atoms with Crippen LogP contribution in [0.5, 0.6) is 0 Å². The fourth-order valence-electron chi connectivity index (χ4n) is 2.80. The predicted octanol–water partition coefficient (Wildman–Crippen LogP) is 3.46. The van der Waals surface area contributed by atoms with E-state index in [1.54, 1.807) is 0 Å². The topological polar surface area (TPSA) is 42.2 Å². The molecule has 0 radical (unpaired) electrons. The summed E-state index contributed by atoms with van der Waals surface area (Å²) in [6, 6.07) is 9.21. The summed E-state index contributed by atoms with van der Waals surface area (Å²) in [6.45, 7) is 3.90. The number of nitrogens with zero attached hydrogens (tertiary/aromatic N) is 2. The Morgan fingerprint density at radius 3 is 2.65 bits per heavy atom. The van der Waals surface area contributed by atoms with E-state index in [1.165, 1.54) is 36.5 Å². The molecule has 1 aliphatic rings. The van der Waals surface area contributed by atoms with Crippen molar-refractivity contribution in [2.24, 2.45) is 5.73 Å². The SMILES string of the molecule is CCCCN(c1ncc(CN)c2ccccc12)C1CC1. The molecule has 0 amide bonds. The molecular weight excluding hydrogens is 246 g/mol. The average Bonchev–Trinajstić information content (AvgIpc) is 3.32. The van der Waals surface area contributed by atoms with E-state index in [1.807, 2.05) is 6.20 Å². The maximum Gasteiger partial charge on any atom is 0.136 e. The zero-order valence-corrected chi connectivity index (χ0v) is 12.2. The minimum atomic E-state index is 0.548. The van der Waals surface area contributed by atoms with E-state index in [2.05, 4.69) is 36.1 Å². The van der Waals surface area contributed by atoms with Gasteiger partial charge in [0.25, 0.3) is 0 Å². The lowest BCUT2D eigenvalue weighted by Crippen LogP contribution is -2.28. The van der Waals surface area contributed by atoms with Crippen molar-refractivity contribution < 1.29 is 0 Å². The van der Waals surface area contributed by atoms with Crippen LogP contribution in [0.3, 0.4) is 0 Å². The molecule has 1 aromatic heterocycles. The first-order chi connectivity index (χ1) is 9.85.